The molecule has 1 amide bonds. The normalized spacial score (nSPS) is 12.1. The summed E-state index contributed by atoms with van der Waals surface area (Å²) in [6, 6.07) is 7.75. The van der Waals surface area contributed by atoms with Gasteiger partial charge >= 0.3 is 0 Å². The highest BCUT2D eigenvalue weighted by molar-refractivity contribution is 7.13. The van der Waals surface area contributed by atoms with Crippen LogP contribution in [0.2, 0.25) is 0 Å². The third-order valence-electron chi connectivity index (χ3n) is 2.79. The van der Waals surface area contributed by atoms with E-state index in [1.807, 2.05) is 43.6 Å². The lowest BCUT2D eigenvalue weighted by atomic mass is 10.1. The molecule has 0 saturated carbocycles. The van der Waals surface area contributed by atoms with E-state index in [0.29, 0.717) is 6.54 Å². The van der Waals surface area contributed by atoms with Gasteiger partial charge in [0.2, 0.25) is 5.91 Å². The van der Waals surface area contributed by atoms with Gasteiger partial charge < -0.3 is 10.6 Å². The van der Waals surface area contributed by atoms with Crippen LogP contribution in [0, 0.1) is 5.92 Å². The lowest BCUT2D eigenvalue weighted by Crippen LogP contribution is -2.28. The second-order valence-electron chi connectivity index (χ2n) is 4.36. The Morgan fingerprint density at radius 1 is 1.37 bits per heavy atom. The molecule has 0 saturated heterocycles. The lowest BCUT2D eigenvalue weighted by Gasteiger charge is -2.11. The van der Waals surface area contributed by atoms with E-state index < -0.39 is 0 Å². The number of thiazole rings is 1. The zero-order chi connectivity index (χ0) is 13.7. The molecule has 0 spiro atoms. The Bertz CT molecular complexity index is 522. The van der Waals surface area contributed by atoms with Crippen molar-refractivity contribution in [2.24, 2.45) is 5.92 Å². The van der Waals surface area contributed by atoms with Crippen LogP contribution in [0.25, 0.3) is 10.6 Å². The maximum atomic E-state index is 11.9. The average Bonchev–Trinajstić information content (AvgIpc) is 2.94. The standard InChI is InChI=1S/C14H17N3OS/c1-10(9-15-2)13(18)17-12-5-3-11(4-6-12)14-16-7-8-19-14/h3-8,10,15H,9H2,1-2H3,(H,17,18). The molecular formula is C14H17N3OS. The molecule has 0 aliphatic heterocycles. The topological polar surface area (TPSA) is 54.0 Å². The largest absolute Gasteiger partial charge is 0.326 e. The van der Waals surface area contributed by atoms with Gasteiger partial charge in [0.15, 0.2) is 0 Å². The summed E-state index contributed by atoms with van der Waals surface area (Å²) in [4.78, 5) is 16.1. The van der Waals surface area contributed by atoms with E-state index in [9.17, 15) is 4.79 Å². The molecule has 4 nitrogen and oxygen atoms in total. The molecular weight excluding hydrogens is 258 g/mol. The first kappa shape index (κ1) is 13.7. The summed E-state index contributed by atoms with van der Waals surface area (Å²) in [6.45, 7) is 2.57. The van der Waals surface area contributed by atoms with E-state index in [-0.39, 0.29) is 11.8 Å². The summed E-state index contributed by atoms with van der Waals surface area (Å²) in [6.07, 6.45) is 1.79. The van der Waals surface area contributed by atoms with E-state index in [2.05, 4.69) is 15.6 Å². The molecule has 2 rings (SSSR count). The van der Waals surface area contributed by atoms with Crippen LogP contribution in [0.1, 0.15) is 6.92 Å². The lowest BCUT2D eigenvalue weighted by molar-refractivity contribution is -0.119. The second kappa shape index (κ2) is 6.45. The van der Waals surface area contributed by atoms with Crippen molar-refractivity contribution in [1.29, 1.82) is 0 Å². The van der Waals surface area contributed by atoms with Gasteiger partial charge in [-0.1, -0.05) is 6.92 Å². The molecule has 0 aliphatic rings. The fourth-order valence-corrected chi connectivity index (χ4v) is 2.37. The molecule has 0 radical (unpaired) electrons. The number of nitrogens with zero attached hydrogens (tertiary/aromatic N) is 1. The Hall–Kier alpha value is -1.72. The van der Waals surface area contributed by atoms with Crippen LogP contribution in [0.15, 0.2) is 35.8 Å². The number of rotatable bonds is 5. The molecule has 0 fully saturated rings. The van der Waals surface area contributed by atoms with Crippen molar-refractivity contribution in [2.75, 3.05) is 18.9 Å². The Labute approximate surface area is 116 Å². The Morgan fingerprint density at radius 3 is 2.68 bits per heavy atom. The fraction of sp³-hybridized carbons (Fsp3) is 0.286. The minimum Gasteiger partial charge on any atom is -0.326 e. The van der Waals surface area contributed by atoms with Crippen LogP contribution in [-0.4, -0.2) is 24.5 Å². The van der Waals surface area contributed by atoms with Crippen LogP contribution in [0.4, 0.5) is 5.69 Å². The molecule has 1 atom stereocenters. The van der Waals surface area contributed by atoms with E-state index in [4.69, 9.17) is 0 Å². The van der Waals surface area contributed by atoms with Crippen molar-refractivity contribution in [1.82, 2.24) is 10.3 Å². The number of hydrogen-bond donors (Lipinski definition) is 2. The molecule has 2 aromatic rings. The Morgan fingerprint density at radius 2 is 2.11 bits per heavy atom. The van der Waals surface area contributed by atoms with Gasteiger partial charge in [-0.05, 0) is 31.3 Å². The van der Waals surface area contributed by atoms with E-state index >= 15 is 0 Å². The molecule has 1 heterocycles. The highest BCUT2D eigenvalue weighted by Gasteiger charge is 2.11. The average molecular weight is 275 g/mol. The van der Waals surface area contributed by atoms with Crippen LogP contribution >= 0.6 is 11.3 Å². The molecule has 19 heavy (non-hydrogen) atoms. The van der Waals surface area contributed by atoms with E-state index in [1.54, 1.807) is 17.5 Å². The van der Waals surface area contributed by atoms with Gasteiger partial charge in [0, 0.05) is 35.3 Å². The predicted octanol–water partition coefficient (Wildman–Crippen LogP) is 2.60. The monoisotopic (exact) mass is 275 g/mol. The van der Waals surface area contributed by atoms with Crippen LogP contribution in [0.5, 0.6) is 0 Å². The summed E-state index contributed by atoms with van der Waals surface area (Å²) in [5.41, 5.74) is 1.88. The van der Waals surface area contributed by atoms with Gasteiger partial charge in [-0.3, -0.25) is 4.79 Å². The van der Waals surface area contributed by atoms with Crippen molar-refractivity contribution in [3.63, 3.8) is 0 Å². The molecule has 1 aromatic carbocycles. The first-order chi connectivity index (χ1) is 9.20. The summed E-state index contributed by atoms with van der Waals surface area (Å²) in [5, 5.41) is 8.83. The molecule has 100 valence electrons. The summed E-state index contributed by atoms with van der Waals surface area (Å²) >= 11 is 1.60. The molecule has 0 bridgehead atoms. The maximum Gasteiger partial charge on any atom is 0.228 e. The molecule has 5 heteroatoms. The van der Waals surface area contributed by atoms with E-state index in [1.165, 1.54) is 0 Å². The highest BCUT2D eigenvalue weighted by Crippen LogP contribution is 2.23. The van der Waals surface area contributed by atoms with Crippen molar-refractivity contribution >= 4 is 22.9 Å². The molecule has 1 unspecified atom stereocenters. The van der Waals surface area contributed by atoms with Crippen molar-refractivity contribution in [3.8, 4) is 10.6 Å². The summed E-state index contributed by atoms with van der Waals surface area (Å²) in [7, 11) is 1.84. The van der Waals surface area contributed by atoms with Gasteiger partial charge in [-0.2, -0.15) is 0 Å². The van der Waals surface area contributed by atoms with Gasteiger partial charge in [0.25, 0.3) is 0 Å². The number of carbonyl (C=O) groups excluding carboxylic acids is 1. The number of anilines is 1. The van der Waals surface area contributed by atoms with Crippen molar-refractivity contribution < 1.29 is 4.79 Å². The third kappa shape index (κ3) is 3.62. The highest BCUT2D eigenvalue weighted by atomic mass is 32.1. The zero-order valence-electron chi connectivity index (χ0n) is 11.0. The van der Waals surface area contributed by atoms with E-state index in [0.717, 1.165) is 16.3 Å². The van der Waals surface area contributed by atoms with Gasteiger partial charge in [-0.25, -0.2) is 4.98 Å². The van der Waals surface area contributed by atoms with Crippen molar-refractivity contribution in [2.45, 2.75) is 6.92 Å². The molecule has 0 aliphatic carbocycles. The number of amides is 1. The summed E-state index contributed by atoms with van der Waals surface area (Å²) < 4.78 is 0. The fourth-order valence-electron chi connectivity index (χ4n) is 1.73. The number of carbonyl (C=O) groups is 1. The van der Waals surface area contributed by atoms with Crippen LogP contribution in [0.3, 0.4) is 0 Å². The van der Waals surface area contributed by atoms with Crippen LogP contribution in [-0.2, 0) is 4.79 Å². The zero-order valence-corrected chi connectivity index (χ0v) is 11.8. The minimum absolute atomic E-state index is 0.0244. The number of aromatic nitrogens is 1. The second-order valence-corrected chi connectivity index (χ2v) is 5.26. The molecule has 2 N–H and O–H groups in total. The smallest absolute Gasteiger partial charge is 0.228 e. The third-order valence-corrected chi connectivity index (χ3v) is 3.61. The number of benzene rings is 1. The number of hydrogen-bond acceptors (Lipinski definition) is 4. The minimum atomic E-state index is -0.0522. The van der Waals surface area contributed by atoms with Gasteiger partial charge in [0.05, 0.1) is 0 Å². The predicted molar refractivity (Wildman–Crippen MR) is 79.3 cm³/mol. The quantitative estimate of drug-likeness (QED) is 0.882. The Balaban J connectivity index is 2.01. The Kier molecular flexibility index (Phi) is 4.65. The van der Waals surface area contributed by atoms with Gasteiger partial charge in [-0.15, -0.1) is 11.3 Å². The molecule has 1 aromatic heterocycles. The summed E-state index contributed by atoms with van der Waals surface area (Å²) in [5.74, 6) is -0.0278. The van der Waals surface area contributed by atoms with Gasteiger partial charge in [0.1, 0.15) is 5.01 Å². The first-order valence-corrected chi connectivity index (χ1v) is 7.04. The number of nitrogens with one attached hydrogen (secondary N) is 2. The van der Waals surface area contributed by atoms with Crippen molar-refractivity contribution in [3.05, 3.63) is 35.8 Å². The van der Waals surface area contributed by atoms with Crippen LogP contribution < -0.4 is 10.6 Å². The first-order valence-electron chi connectivity index (χ1n) is 6.16. The maximum absolute atomic E-state index is 11.9. The SMILES string of the molecule is CNCC(C)C(=O)Nc1ccc(-c2nccs2)cc1.